The standard InChI is InChI=1S/C20H29N3O2/c1-15-14-17(23-12-4-5-13-23)8-9-18(15)22-19(24)10-11-21-20(25)16-6-2-3-7-16/h8-9,14,16H,2-7,10-13H2,1H3,(H,21,25)(H,22,24). The fourth-order valence-electron chi connectivity index (χ4n) is 3.80. The van der Waals surface area contributed by atoms with Gasteiger partial charge >= 0.3 is 0 Å². The van der Waals surface area contributed by atoms with Gasteiger partial charge in [0, 0.05) is 43.3 Å². The third-order valence-corrected chi connectivity index (χ3v) is 5.33. The van der Waals surface area contributed by atoms with Crippen molar-refractivity contribution >= 4 is 23.2 Å². The predicted molar refractivity (Wildman–Crippen MR) is 101 cm³/mol. The van der Waals surface area contributed by atoms with Gasteiger partial charge in [-0.05, 0) is 56.4 Å². The van der Waals surface area contributed by atoms with Crippen LogP contribution in [-0.4, -0.2) is 31.4 Å². The van der Waals surface area contributed by atoms with Crippen LogP contribution >= 0.6 is 0 Å². The zero-order chi connectivity index (χ0) is 17.6. The molecule has 1 heterocycles. The lowest BCUT2D eigenvalue weighted by atomic mass is 10.1. The van der Waals surface area contributed by atoms with Crippen molar-refractivity contribution in [1.82, 2.24) is 5.32 Å². The summed E-state index contributed by atoms with van der Waals surface area (Å²) in [5.74, 6) is 0.212. The lowest BCUT2D eigenvalue weighted by molar-refractivity contribution is -0.124. The zero-order valence-corrected chi connectivity index (χ0v) is 15.1. The van der Waals surface area contributed by atoms with E-state index in [2.05, 4.69) is 27.7 Å². The molecule has 1 aliphatic carbocycles. The van der Waals surface area contributed by atoms with E-state index in [9.17, 15) is 9.59 Å². The van der Waals surface area contributed by atoms with Crippen molar-refractivity contribution in [2.24, 2.45) is 5.92 Å². The van der Waals surface area contributed by atoms with Crippen LogP contribution in [0.2, 0.25) is 0 Å². The van der Waals surface area contributed by atoms with Crippen LogP contribution < -0.4 is 15.5 Å². The molecule has 1 saturated carbocycles. The number of carbonyl (C=O) groups excluding carboxylic acids is 2. The van der Waals surface area contributed by atoms with Gasteiger partial charge in [0.2, 0.25) is 11.8 Å². The molecule has 3 rings (SSSR count). The molecule has 5 heteroatoms. The van der Waals surface area contributed by atoms with E-state index < -0.39 is 0 Å². The molecular formula is C20H29N3O2. The second kappa shape index (κ2) is 8.37. The monoisotopic (exact) mass is 343 g/mol. The first-order valence-corrected chi connectivity index (χ1v) is 9.56. The maximum Gasteiger partial charge on any atom is 0.226 e. The predicted octanol–water partition coefficient (Wildman–Crippen LogP) is 3.23. The first-order chi connectivity index (χ1) is 12.1. The Bertz CT molecular complexity index is 617. The summed E-state index contributed by atoms with van der Waals surface area (Å²) in [7, 11) is 0. The van der Waals surface area contributed by atoms with Gasteiger partial charge in [0.15, 0.2) is 0 Å². The molecule has 1 aromatic carbocycles. The van der Waals surface area contributed by atoms with Gasteiger partial charge in [-0.2, -0.15) is 0 Å². The van der Waals surface area contributed by atoms with Gasteiger partial charge < -0.3 is 15.5 Å². The molecule has 0 bridgehead atoms. The number of nitrogens with zero attached hydrogens (tertiary/aromatic N) is 1. The summed E-state index contributed by atoms with van der Waals surface area (Å²) in [6.45, 7) is 4.67. The van der Waals surface area contributed by atoms with Crippen LogP contribution in [0.15, 0.2) is 18.2 Å². The molecule has 2 N–H and O–H groups in total. The van der Waals surface area contributed by atoms with Crippen LogP contribution in [0, 0.1) is 12.8 Å². The zero-order valence-electron chi connectivity index (χ0n) is 15.1. The highest BCUT2D eigenvalue weighted by atomic mass is 16.2. The van der Waals surface area contributed by atoms with Crippen LogP contribution in [0.4, 0.5) is 11.4 Å². The van der Waals surface area contributed by atoms with E-state index in [1.54, 1.807) is 0 Å². The number of anilines is 2. The van der Waals surface area contributed by atoms with Crippen LogP contribution in [0.1, 0.15) is 50.5 Å². The first-order valence-electron chi connectivity index (χ1n) is 9.56. The number of hydrogen-bond acceptors (Lipinski definition) is 3. The molecule has 2 fully saturated rings. The SMILES string of the molecule is Cc1cc(N2CCCC2)ccc1NC(=O)CCNC(=O)C1CCCC1. The van der Waals surface area contributed by atoms with E-state index in [-0.39, 0.29) is 17.7 Å². The van der Waals surface area contributed by atoms with E-state index in [4.69, 9.17) is 0 Å². The van der Waals surface area contributed by atoms with Crippen molar-refractivity contribution in [2.45, 2.75) is 51.9 Å². The fraction of sp³-hybridized carbons (Fsp3) is 0.600. The maximum absolute atomic E-state index is 12.1. The highest BCUT2D eigenvalue weighted by molar-refractivity contribution is 5.92. The fourth-order valence-corrected chi connectivity index (χ4v) is 3.80. The smallest absolute Gasteiger partial charge is 0.226 e. The Hall–Kier alpha value is -2.04. The Balaban J connectivity index is 1.45. The quantitative estimate of drug-likeness (QED) is 0.834. The molecule has 0 radical (unpaired) electrons. The molecule has 25 heavy (non-hydrogen) atoms. The van der Waals surface area contributed by atoms with Crippen LogP contribution in [0.5, 0.6) is 0 Å². The molecule has 0 atom stereocenters. The number of hydrogen-bond donors (Lipinski definition) is 2. The molecule has 2 aliphatic rings. The Morgan fingerprint density at radius 3 is 2.52 bits per heavy atom. The minimum Gasteiger partial charge on any atom is -0.372 e. The summed E-state index contributed by atoms with van der Waals surface area (Å²) in [6, 6.07) is 6.20. The van der Waals surface area contributed by atoms with Crippen LogP contribution in [-0.2, 0) is 9.59 Å². The molecule has 1 saturated heterocycles. The molecule has 0 spiro atoms. The second-order valence-corrected chi connectivity index (χ2v) is 7.26. The van der Waals surface area contributed by atoms with Crippen molar-refractivity contribution in [3.63, 3.8) is 0 Å². The lowest BCUT2D eigenvalue weighted by Crippen LogP contribution is -2.32. The third kappa shape index (κ3) is 4.74. The average molecular weight is 343 g/mol. The Morgan fingerprint density at radius 1 is 1.12 bits per heavy atom. The van der Waals surface area contributed by atoms with Gasteiger partial charge in [0.1, 0.15) is 0 Å². The Morgan fingerprint density at radius 2 is 1.84 bits per heavy atom. The summed E-state index contributed by atoms with van der Waals surface area (Å²) in [5, 5.41) is 5.86. The molecule has 0 unspecified atom stereocenters. The molecule has 0 aromatic heterocycles. The van der Waals surface area contributed by atoms with Gasteiger partial charge in [0.25, 0.3) is 0 Å². The van der Waals surface area contributed by atoms with E-state index in [0.29, 0.717) is 13.0 Å². The second-order valence-electron chi connectivity index (χ2n) is 7.26. The van der Waals surface area contributed by atoms with Gasteiger partial charge in [-0.3, -0.25) is 9.59 Å². The molecule has 2 amide bonds. The summed E-state index contributed by atoms with van der Waals surface area (Å²) in [4.78, 5) is 26.5. The first kappa shape index (κ1) is 17.8. The number of nitrogens with one attached hydrogen (secondary N) is 2. The minimum atomic E-state index is -0.0521. The number of aryl methyl sites for hydroxylation is 1. The summed E-state index contributed by atoms with van der Waals surface area (Å²) >= 11 is 0. The molecular weight excluding hydrogens is 314 g/mol. The highest BCUT2D eigenvalue weighted by Crippen LogP contribution is 2.26. The summed E-state index contributed by atoms with van der Waals surface area (Å²) in [6.07, 6.45) is 7.08. The van der Waals surface area contributed by atoms with Gasteiger partial charge in [-0.25, -0.2) is 0 Å². The lowest BCUT2D eigenvalue weighted by Gasteiger charge is -2.19. The van der Waals surface area contributed by atoms with Crippen molar-refractivity contribution in [3.05, 3.63) is 23.8 Å². The third-order valence-electron chi connectivity index (χ3n) is 5.33. The van der Waals surface area contributed by atoms with Gasteiger partial charge in [-0.1, -0.05) is 12.8 Å². The highest BCUT2D eigenvalue weighted by Gasteiger charge is 2.22. The summed E-state index contributed by atoms with van der Waals surface area (Å²) < 4.78 is 0. The van der Waals surface area contributed by atoms with Crippen molar-refractivity contribution in [1.29, 1.82) is 0 Å². The van der Waals surface area contributed by atoms with Crippen molar-refractivity contribution < 1.29 is 9.59 Å². The Labute approximate surface area is 150 Å². The molecule has 136 valence electrons. The van der Waals surface area contributed by atoms with Crippen LogP contribution in [0.3, 0.4) is 0 Å². The molecule has 1 aromatic rings. The van der Waals surface area contributed by atoms with Gasteiger partial charge in [0.05, 0.1) is 0 Å². The normalized spacial score (nSPS) is 17.7. The van der Waals surface area contributed by atoms with Gasteiger partial charge in [-0.15, -0.1) is 0 Å². The Kier molecular flexibility index (Phi) is 5.95. The maximum atomic E-state index is 12.1. The molecule has 5 nitrogen and oxygen atoms in total. The van der Waals surface area contributed by atoms with E-state index in [1.165, 1.54) is 18.5 Å². The number of benzene rings is 1. The number of carbonyl (C=O) groups is 2. The van der Waals surface area contributed by atoms with Crippen molar-refractivity contribution in [3.8, 4) is 0 Å². The topological polar surface area (TPSA) is 61.4 Å². The minimum absolute atomic E-state index is 0.0521. The number of amides is 2. The average Bonchev–Trinajstić information content (AvgIpc) is 3.30. The van der Waals surface area contributed by atoms with E-state index >= 15 is 0 Å². The number of rotatable bonds is 6. The van der Waals surface area contributed by atoms with Crippen LogP contribution in [0.25, 0.3) is 0 Å². The molecule has 1 aliphatic heterocycles. The van der Waals surface area contributed by atoms with E-state index in [1.807, 2.05) is 13.0 Å². The van der Waals surface area contributed by atoms with Crippen molar-refractivity contribution in [2.75, 3.05) is 29.9 Å². The largest absolute Gasteiger partial charge is 0.372 e. The van der Waals surface area contributed by atoms with E-state index in [0.717, 1.165) is 50.0 Å². The summed E-state index contributed by atoms with van der Waals surface area (Å²) in [5.41, 5.74) is 3.17.